The summed E-state index contributed by atoms with van der Waals surface area (Å²) in [5.41, 5.74) is 1.22. The number of hydrogen-bond donors (Lipinski definition) is 3. The highest BCUT2D eigenvalue weighted by Gasteiger charge is 2.29. The smallest absolute Gasteiger partial charge is 0.326 e. The van der Waals surface area contributed by atoms with Gasteiger partial charge in [0.05, 0.1) is 0 Å². The number of rotatable bonds is 6. The number of carbonyl (C=O) groups is 2. The molecular formula is C13H19N3O3. The monoisotopic (exact) mass is 265 g/mol. The number of carboxylic acid groups (broad SMARTS) is 1. The number of amides is 1. The van der Waals surface area contributed by atoms with Crippen LogP contribution in [-0.4, -0.2) is 33.2 Å². The van der Waals surface area contributed by atoms with E-state index in [0.29, 0.717) is 12.3 Å². The zero-order chi connectivity index (χ0) is 14.0. The highest BCUT2D eigenvalue weighted by molar-refractivity contribution is 5.95. The van der Waals surface area contributed by atoms with Gasteiger partial charge >= 0.3 is 5.97 Å². The predicted octanol–water partition coefficient (Wildman–Crippen LogP) is 1.52. The van der Waals surface area contributed by atoms with E-state index in [1.54, 1.807) is 13.0 Å². The second-order valence-electron chi connectivity index (χ2n) is 5.16. The molecule has 2 unspecified atom stereocenters. The van der Waals surface area contributed by atoms with Crippen molar-refractivity contribution in [2.24, 2.45) is 5.92 Å². The van der Waals surface area contributed by atoms with Gasteiger partial charge in [-0.15, -0.1) is 0 Å². The van der Waals surface area contributed by atoms with Crippen LogP contribution in [0, 0.1) is 5.92 Å². The first-order valence-electron chi connectivity index (χ1n) is 6.61. The van der Waals surface area contributed by atoms with E-state index in [1.165, 1.54) is 0 Å². The van der Waals surface area contributed by atoms with E-state index in [1.807, 2.05) is 6.92 Å². The summed E-state index contributed by atoms with van der Waals surface area (Å²) in [6.45, 7) is 3.70. The first-order chi connectivity index (χ1) is 9.02. The normalized spacial score (nSPS) is 17.8. The Morgan fingerprint density at radius 2 is 2.26 bits per heavy atom. The predicted molar refractivity (Wildman–Crippen MR) is 68.9 cm³/mol. The molecule has 0 aliphatic heterocycles. The van der Waals surface area contributed by atoms with Gasteiger partial charge in [0.15, 0.2) is 0 Å². The third-order valence-electron chi connectivity index (χ3n) is 3.61. The van der Waals surface area contributed by atoms with Crippen molar-refractivity contribution in [3.05, 3.63) is 17.5 Å². The largest absolute Gasteiger partial charge is 0.480 e. The first kappa shape index (κ1) is 13.6. The average molecular weight is 265 g/mol. The van der Waals surface area contributed by atoms with Crippen molar-refractivity contribution in [1.29, 1.82) is 0 Å². The summed E-state index contributed by atoms with van der Waals surface area (Å²) in [6.07, 6.45) is 2.92. The molecular weight excluding hydrogens is 246 g/mol. The Morgan fingerprint density at radius 3 is 2.79 bits per heavy atom. The minimum Gasteiger partial charge on any atom is -0.480 e. The Kier molecular flexibility index (Phi) is 3.87. The van der Waals surface area contributed by atoms with Crippen LogP contribution in [0.15, 0.2) is 6.07 Å². The molecule has 1 aromatic rings. The Bertz CT molecular complexity index is 479. The number of H-pyrrole nitrogens is 1. The molecule has 6 nitrogen and oxygen atoms in total. The summed E-state index contributed by atoms with van der Waals surface area (Å²) in [7, 11) is 0. The summed E-state index contributed by atoms with van der Waals surface area (Å²) in [6, 6.07) is 0.835. The van der Waals surface area contributed by atoms with Crippen molar-refractivity contribution in [1.82, 2.24) is 15.5 Å². The van der Waals surface area contributed by atoms with Gasteiger partial charge in [-0.25, -0.2) is 4.79 Å². The minimum atomic E-state index is -1.01. The molecule has 2 atom stereocenters. The van der Waals surface area contributed by atoms with Crippen molar-refractivity contribution < 1.29 is 14.7 Å². The quantitative estimate of drug-likeness (QED) is 0.726. The third-order valence-corrected chi connectivity index (χ3v) is 3.61. The molecule has 1 saturated carbocycles. The van der Waals surface area contributed by atoms with Gasteiger partial charge in [-0.05, 0) is 24.8 Å². The average Bonchev–Trinajstić information content (AvgIpc) is 3.12. The molecule has 1 aliphatic carbocycles. The molecule has 1 amide bonds. The maximum atomic E-state index is 12.0. The molecule has 0 aromatic carbocycles. The molecule has 0 radical (unpaired) electrons. The van der Waals surface area contributed by atoms with E-state index in [4.69, 9.17) is 5.11 Å². The lowest BCUT2D eigenvalue weighted by molar-refractivity contribution is -0.140. The molecule has 1 aliphatic rings. The van der Waals surface area contributed by atoms with Crippen LogP contribution in [0.4, 0.5) is 0 Å². The SMILES string of the molecule is CCC(C)C(NC(=O)c1cc(C2CC2)[nH]n1)C(=O)O. The Labute approximate surface area is 111 Å². The van der Waals surface area contributed by atoms with E-state index in [-0.39, 0.29) is 11.6 Å². The zero-order valence-corrected chi connectivity index (χ0v) is 11.1. The Morgan fingerprint density at radius 1 is 1.58 bits per heavy atom. The molecule has 0 bridgehead atoms. The summed E-state index contributed by atoms with van der Waals surface area (Å²) in [4.78, 5) is 23.1. The van der Waals surface area contributed by atoms with E-state index in [9.17, 15) is 9.59 Å². The lowest BCUT2D eigenvalue weighted by atomic mass is 9.99. The summed E-state index contributed by atoms with van der Waals surface area (Å²) in [5.74, 6) is -1.08. The minimum absolute atomic E-state index is 0.122. The van der Waals surface area contributed by atoms with Gasteiger partial charge in [0.2, 0.25) is 0 Å². The topological polar surface area (TPSA) is 95.1 Å². The van der Waals surface area contributed by atoms with Gasteiger partial charge in [-0.2, -0.15) is 5.10 Å². The highest BCUT2D eigenvalue weighted by atomic mass is 16.4. The molecule has 3 N–H and O–H groups in total. The molecule has 1 fully saturated rings. The Hall–Kier alpha value is -1.85. The van der Waals surface area contributed by atoms with Crippen LogP contribution in [0.2, 0.25) is 0 Å². The van der Waals surface area contributed by atoms with Crippen LogP contribution >= 0.6 is 0 Å². The molecule has 2 rings (SSSR count). The van der Waals surface area contributed by atoms with Gasteiger partial charge in [0.1, 0.15) is 11.7 Å². The number of aromatic nitrogens is 2. The maximum Gasteiger partial charge on any atom is 0.326 e. The summed E-state index contributed by atoms with van der Waals surface area (Å²) in [5, 5.41) is 18.4. The van der Waals surface area contributed by atoms with Crippen molar-refractivity contribution in [2.45, 2.75) is 45.1 Å². The second-order valence-corrected chi connectivity index (χ2v) is 5.16. The van der Waals surface area contributed by atoms with Gasteiger partial charge in [-0.1, -0.05) is 20.3 Å². The number of aromatic amines is 1. The number of nitrogens with zero attached hydrogens (tertiary/aromatic N) is 1. The van der Waals surface area contributed by atoms with Crippen molar-refractivity contribution in [2.75, 3.05) is 0 Å². The van der Waals surface area contributed by atoms with Gasteiger partial charge in [0, 0.05) is 11.6 Å². The fourth-order valence-electron chi connectivity index (χ4n) is 1.95. The summed E-state index contributed by atoms with van der Waals surface area (Å²) >= 11 is 0. The molecule has 6 heteroatoms. The fourth-order valence-corrected chi connectivity index (χ4v) is 1.95. The van der Waals surface area contributed by atoms with Gasteiger partial charge < -0.3 is 10.4 Å². The lowest BCUT2D eigenvalue weighted by Crippen LogP contribution is -2.45. The highest BCUT2D eigenvalue weighted by Crippen LogP contribution is 2.38. The van der Waals surface area contributed by atoms with Crippen LogP contribution in [0.25, 0.3) is 0 Å². The Balaban J connectivity index is 2.03. The number of nitrogens with one attached hydrogen (secondary N) is 2. The fraction of sp³-hybridized carbons (Fsp3) is 0.615. The maximum absolute atomic E-state index is 12.0. The summed E-state index contributed by atoms with van der Waals surface area (Å²) < 4.78 is 0. The number of carboxylic acids is 1. The molecule has 1 heterocycles. The molecule has 104 valence electrons. The van der Waals surface area contributed by atoms with Gasteiger partial charge in [-0.3, -0.25) is 9.89 Å². The molecule has 1 aromatic heterocycles. The van der Waals surface area contributed by atoms with E-state index in [2.05, 4.69) is 15.5 Å². The van der Waals surface area contributed by atoms with E-state index in [0.717, 1.165) is 18.5 Å². The molecule has 0 saturated heterocycles. The van der Waals surface area contributed by atoms with E-state index < -0.39 is 17.9 Å². The number of hydrogen-bond acceptors (Lipinski definition) is 3. The van der Waals surface area contributed by atoms with Crippen LogP contribution in [0.1, 0.15) is 55.2 Å². The second kappa shape index (κ2) is 5.42. The van der Waals surface area contributed by atoms with Gasteiger partial charge in [0.25, 0.3) is 5.91 Å². The standard InChI is InChI=1S/C13H19N3O3/c1-3-7(2)11(13(18)19)14-12(17)10-6-9(15-16-10)8-4-5-8/h6-8,11H,3-5H2,1-2H3,(H,14,17)(H,15,16)(H,18,19). The van der Waals surface area contributed by atoms with Crippen LogP contribution in [0.3, 0.4) is 0 Å². The van der Waals surface area contributed by atoms with Crippen LogP contribution in [-0.2, 0) is 4.79 Å². The van der Waals surface area contributed by atoms with Crippen molar-refractivity contribution in [3.63, 3.8) is 0 Å². The van der Waals surface area contributed by atoms with E-state index >= 15 is 0 Å². The third kappa shape index (κ3) is 3.13. The zero-order valence-electron chi connectivity index (χ0n) is 11.1. The van der Waals surface area contributed by atoms with Crippen LogP contribution < -0.4 is 5.32 Å². The molecule has 0 spiro atoms. The van der Waals surface area contributed by atoms with Crippen molar-refractivity contribution in [3.8, 4) is 0 Å². The number of aliphatic carboxylic acids is 1. The number of carbonyl (C=O) groups excluding carboxylic acids is 1. The molecule has 19 heavy (non-hydrogen) atoms. The first-order valence-corrected chi connectivity index (χ1v) is 6.61. The van der Waals surface area contributed by atoms with Crippen LogP contribution in [0.5, 0.6) is 0 Å². The lowest BCUT2D eigenvalue weighted by Gasteiger charge is -2.19. The van der Waals surface area contributed by atoms with Crippen molar-refractivity contribution >= 4 is 11.9 Å².